The lowest BCUT2D eigenvalue weighted by molar-refractivity contribution is -0.169. The summed E-state index contributed by atoms with van der Waals surface area (Å²) in [4.78, 5) is 10.8. The summed E-state index contributed by atoms with van der Waals surface area (Å²) in [6, 6.07) is 0. The van der Waals surface area contributed by atoms with Crippen LogP contribution in [0.4, 0.5) is 0 Å². The number of rotatable bonds is 5. The zero-order valence-electron chi connectivity index (χ0n) is 7.12. The number of ether oxygens (including phenoxy) is 1. The number of hydrogen-bond acceptors (Lipinski definition) is 3. The van der Waals surface area contributed by atoms with Gasteiger partial charge in [-0.3, -0.25) is 0 Å². The van der Waals surface area contributed by atoms with Crippen LogP contribution in [-0.4, -0.2) is 35.5 Å². The largest absolute Gasteiger partial charge is 0.479 e. The van der Waals surface area contributed by atoms with E-state index in [-0.39, 0.29) is 0 Å². The highest BCUT2D eigenvalue weighted by Crippen LogP contribution is 2.37. The number of aliphatic hydroxyl groups is 1. The molecular formula is C8H14O4. The smallest absolute Gasteiger partial charge is 0.338 e. The molecule has 70 valence electrons. The Morgan fingerprint density at radius 2 is 2.25 bits per heavy atom. The topological polar surface area (TPSA) is 66.8 Å². The molecule has 0 heterocycles. The van der Waals surface area contributed by atoms with Gasteiger partial charge in [0.1, 0.15) is 0 Å². The molecule has 0 saturated heterocycles. The Labute approximate surface area is 71.2 Å². The van der Waals surface area contributed by atoms with Crippen LogP contribution in [0.15, 0.2) is 0 Å². The first-order chi connectivity index (χ1) is 5.64. The second-order valence-corrected chi connectivity index (χ2v) is 3.31. The fourth-order valence-corrected chi connectivity index (χ4v) is 1.24. The van der Waals surface area contributed by atoms with Gasteiger partial charge in [-0.15, -0.1) is 0 Å². The maximum Gasteiger partial charge on any atom is 0.338 e. The molecule has 1 rings (SSSR count). The van der Waals surface area contributed by atoms with Crippen molar-refractivity contribution in [2.45, 2.75) is 24.9 Å². The number of aliphatic hydroxyl groups excluding tert-OH is 1. The van der Waals surface area contributed by atoms with Crippen molar-refractivity contribution in [1.82, 2.24) is 0 Å². The highest BCUT2D eigenvalue weighted by Gasteiger charge is 2.43. The molecule has 0 aliphatic heterocycles. The molecular weight excluding hydrogens is 160 g/mol. The number of hydrogen-bond donors (Lipinski definition) is 2. The average Bonchev–Trinajstić information content (AvgIpc) is 2.83. The normalized spacial score (nSPS) is 21.8. The fraction of sp³-hybridized carbons (Fsp3) is 0.875. The van der Waals surface area contributed by atoms with Crippen LogP contribution >= 0.6 is 0 Å². The Balaban J connectivity index is 2.60. The average molecular weight is 174 g/mol. The van der Waals surface area contributed by atoms with E-state index in [1.54, 1.807) is 0 Å². The van der Waals surface area contributed by atoms with Crippen LogP contribution in [0.3, 0.4) is 0 Å². The summed E-state index contributed by atoms with van der Waals surface area (Å²) in [5.74, 6) is -0.646. The molecule has 4 nitrogen and oxygen atoms in total. The van der Waals surface area contributed by atoms with Gasteiger partial charge in [0.05, 0.1) is 6.61 Å². The number of aliphatic carboxylic acids is 1. The van der Waals surface area contributed by atoms with Crippen LogP contribution in [0, 0.1) is 5.92 Å². The SMILES string of the molecule is COC(CO)(CC1CC1)C(=O)O. The van der Waals surface area contributed by atoms with Gasteiger partial charge in [0.2, 0.25) is 0 Å². The second-order valence-electron chi connectivity index (χ2n) is 3.31. The fourth-order valence-electron chi connectivity index (χ4n) is 1.24. The van der Waals surface area contributed by atoms with Crippen molar-refractivity contribution in [3.8, 4) is 0 Å². The van der Waals surface area contributed by atoms with E-state index >= 15 is 0 Å². The molecule has 0 aromatic heterocycles. The highest BCUT2D eigenvalue weighted by atomic mass is 16.5. The van der Waals surface area contributed by atoms with E-state index in [0.29, 0.717) is 12.3 Å². The first-order valence-corrected chi connectivity index (χ1v) is 4.04. The van der Waals surface area contributed by atoms with Crippen LogP contribution in [0.1, 0.15) is 19.3 Å². The first kappa shape index (κ1) is 9.48. The first-order valence-electron chi connectivity index (χ1n) is 4.04. The summed E-state index contributed by atoms with van der Waals surface area (Å²) in [5.41, 5.74) is -1.36. The molecule has 0 spiro atoms. The summed E-state index contributed by atoms with van der Waals surface area (Å²) in [5, 5.41) is 17.7. The molecule has 1 aliphatic carbocycles. The predicted octanol–water partition coefficient (Wildman–Crippen LogP) is 0.249. The number of methoxy groups -OCH3 is 1. The lowest BCUT2D eigenvalue weighted by Crippen LogP contribution is -2.44. The third-order valence-corrected chi connectivity index (χ3v) is 2.35. The third-order valence-electron chi connectivity index (χ3n) is 2.35. The van der Waals surface area contributed by atoms with Gasteiger partial charge in [-0.05, 0) is 12.3 Å². The molecule has 4 heteroatoms. The number of carbonyl (C=O) groups is 1. The Bertz CT molecular complexity index is 170. The highest BCUT2D eigenvalue weighted by molar-refractivity contribution is 5.77. The van der Waals surface area contributed by atoms with Gasteiger partial charge in [-0.1, -0.05) is 12.8 Å². The molecule has 0 amide bonds. The minimum absolute atomic E-state index is 0.424. The van der Waals surface area contributed by atoms with E-state index in [4.69, 9.17) is 14.9 Å². The van der Waals surface area contributed by atoms with Gasteiger partial charge < -0.3 is 14.9 Å². The van der Waals surface area contributed by atoms with Crippen molar-refractivity contribution >= 4 is 5.97 Å². The molecule has 1 aliphatic rings. The summed E-state index contributed by atoms with van der Waals surface area (Å²) in [6.45, 7) is -0.449. The van der Waals surface area contributed by atoms with Crippen LogP contribution in [0.5, 0.6) is 0 Å². The molecule has 0 aromatic carbocycles. The van der Waals surface area contributed by atoms with E-state index in [2.05, 4.69) is 0 Å². The van der Waals surface area contributed by atoms with Crippen molar-refractivity contribution in [2.24, 2.45) is 5.92 Å². The summed E-state index contributed by atoms with van der Waals surface area (Å²) < 4.78 is 4.85. The maximum atomic E-state index is 10.8. The Morgan fingerprint density at radius 1 is 1.67 bits per heavy atom. The molecule has 0 aromatic rings. The monoisotopic (exact) mass is 174 g/mol. The molecule has 1 saturated carbocycles. The zero-order valence-corrected chi connectivity index (χ0v) is 7.12. The lowest BCUT2D eigenvalue weighted by atomic mass is 9.98. The predicted molar refractivity (Wildman–Crippen MR) is 41.8 cm³/mol. The van der Waals surface area contributed by atoms with Crippen LogP contribution < -0.4 is 0 Å². The Morgan fingerprint density at radius 3 is 2.50 bits per heavy atom. The Kier molecular flexibility index (Phi) is 2.69. The molecule has 1 unspecified atom stereocenters. The van der Waals surface area contributed by atoms with Crippen LogP contribution in [-0.2, 0) is 9.53 Å². The van der Waals surface area contributed by atoms with Gasteiger partial charge in [-0.25, -0.2) is 4.79 Å². The van der Waals surface area contributed by atoms with E-state index in [1.807, 2.05) is 0 Å². The van der Waals surface area contributed by atoms with Crippen molar-refractivity contribution in [2.75, 3.05) is 13.7 Å². The molecule has 0 radical (unpaired) electrons. The second kappa shape index (κ2) is 3.41. The van der Waals surface area contributed by atoms with Crippen molar-refractivity contribution in [3.63, 3.8) is 0 Å². The summed E-state index contributed by atoms with van der Waals surface area (Å²) in [6.07, 6.45) is 2.53. The molecule has 1 fully saturated rings. The van der Waals surface area contributed by atoms with Gasteiger partial charge >= 0.3 is 5.97 Å². The zero-order chi connectivity index (χ0) is 9.19. The summed E-state index contributed by atoms with van der Waals surface area (Å²) >= 11 is 0. The van der Waals surface area contributed by atoms with Crippen molar-refractivity contribution in [3.05, 3.63) is 0 Å². The maximum absolute atomic E-state index is 10.8. The number of carboxylic acids is 1. The third kappa shape index (κ3) is 1.76. The van der Waals surface area contributed by atoms with Crippen molar-refractivity contribution in [1.29, 1.82) is 0 Å². The van der Waals surface area contributed by atoms with Gasteiger partial charge in [0.25, 0.3) is 0 Å². The molecule has 1 atom stereocenters. The van der Waals surface area contributed by atoms with E-state index in [0.717, 1.165) is 12.8 Å². The van der Waals surface area contributed by atoms with Crippen LogP contribution in [0.2, 0.25) is 0 Å². The standard InChI is InChI=1S/C8H14O4/c1-12-8(5-9,7(10)11)4-6-2-3-6/h6,9H,2-5H2,1H3,(H,10,11). The minimum atomic E-state index is -1.36. The van der Waals surface area contributed by atoms with E-state index in [9.17, 15) is 4.79 Å². The Hall–Kier alpha value is -0.610. The molecule has 12 heavy (non-hydrogen) atoms. The lowest BCUT2D eigenvalue weighted by Gasteiger charge is -2.25. The van der Waals surface area contributed by atoms with Gasteiger partial charge in [-0.2, -0.15) is 0 Å². The quantitative estimate of drug-likeness (QED) is 0.627. The van der Waals surface area contributed by atoms with Gasteiger partial charge in [0, 0.05) is 7.11 Å². The van der Waals surface area contributed by atoms with Crippen molar-refractivity contribution < 1.29 is 19.7 Å². The summed E-state index contributed by atoms with van der Waals surface area (Å²) in [7, 11) is 1.33. The van der Waals surface area contributed by atoms with Crippen LogP contribution in [0.25, 0.3) is 0 Å². The number of carboxylic acid groups (broad SMARTS) is 1. The minimum Gasteiger partial charge on any atom is -0.479 e. The van der Waals surface area contributed by atoms with E-state index < -0.39 is 18.2 Å². The van der Waals surface area contributed by atoms with E-state index in [1.165, 1.54) is 7.11 Å². The molecule has 2 N–H and O–H groups in total. The molecule has 0 bridgehead atoms. The van der Waals surface area contributed by atoms with Gasteiger partial charge in [0.15, 0.2) is 5.60 Å².